The van der Waals surface area contributed by atoms with Gasteiger partial charge in [-0.2, -0.15) is 0 Å². The van der Waals surface area contributed by atoms with Crippen molar-refractivity contribution in [3.63, 3.8) is 0 Å². The van der Waals surface area contributed by atoms with E-state index in [4.69, 9.17) is 4.74 Å². The number of carbonyl (C=O) groups is 1. The topological polar surface area (TPSA) is 38.3 Å². The molecule has 0 saturated heterocycles. The van der Waals surface area contributed by atoms with Gasteiger partial charge in [0.1, 0.15) is 6.61 Å². The second-order valence-corrected chi connectivity index (χ2v) is 5.13. The predicted molar refractivity (Wildman–Crippen MR) is 69.1 cm³/mol. The summed E-state index contributed by atoms with van der Waals surface area (Å²) in [6.45, 7) is 8.54. The van der Waals surface area contributed by atoms with Crippen LogP contribution in [-0.4, -0.2) is 24.2 Å². The molecule has 1 aromatic carbocycles. The molecule has 94 valence electrons. The lowest BCUT2D eigenvalue weighted by Gasteiger charge is -2.28. The number of rotatable bonds is 5. The summed E-state index contributed by atoms with van der Waals surface area (Å²) >= 11 is 0. The molecular weight excluding hydrogens is 214 g/mol. The van der Waals surface area contributed by atoms with E-state index in [9.17, 15) is 4.79 Å². The zero-order valence-electron chi connectivity index (χ0n) is 11.0. The van der Waals surface area contributed by atoms with Crippen LogP contribution in [0.5, 0.6) is 0 Å². The third-order valence-electron chi connectivity index (χ3n) is 2.25. The van der Waals surface area contributed by atoms with Crippen LogP contribution in [-0.2, 0) is 4.74 Å². The fourth-order valence-electron chi connectivity index (χ4n) is 1.73. The van der Waals surface area contributed by atoms with Gasteiger partial charge in [0, 0.05) is 11.6 Å². The normalized spacial score (nSPS) is 11.6. The minimum Gasteiger partial charge on any atom is -0.460 e. The summed E-state index contributed by atoms with van der Waals surface area (Å²) in [6, 6.07) is 9.40. The van der Waals surface area contributed by atoms with E-state index >= 15 is 0 Å². The number of esters is 1. The second-order valence-electron chi connectivity index (χ2n) is 5.13. The number of nitrogens with one attached hydrogen (secondary N) is 1. The second kappa shape index (κ2) is 5.82. The minimum absolute atomic E-state index is 0.210. The zero-order chi connectivity index (χ0) is 12.9. The molecule has 0 aromatic heterocycles. The van der Waals surface area contributed by atoms with Crippen molar-refractivity contribution in [2.75, 3.05) is 6.61 Å². The van der Waals surface area contributed by atoms with E-state index in [0.29, 0.717) is 18.2 Å². The Morgan fingerprint density at radius 2 is 1.88 bits per heavy atom. The fraction of sp³-hybridized carbons (Fsp3) is 0.500. The van der Waals surface area contributed by atoms with Gasteiger partial charge in [0.25, 0.3) is 0 Å². The molecule has 0 spiro atoms. The molecule has 0 amide bonds. The molecule has 0 radical (unpaired) electrons. The summed E-state index contributed by atoms with van der Waals surface area (Å²) in [5.41, 5.74) is 0.381. The van der Waals surface area contributed by atoms with E-state index in [2.05, 4.69) is 19.2 Å². The Morgan fingerprint density at radius 1 is 1.29 bits per heavy atom. The molecule has 0 unspecified atom stereocenters. The molecule has 17 heavy (non-hydrogen) atoms. The summed E-state index contributed by atoms with van der Waals surface area (Å²) in [4.78, 5) is 11.7. The van der Waals surface area contributed by atoms with Crippen molar-refractivity contribution in [2.24, 2.45) is 0 Å². The first-order valence-corrected chi connectivity index (χ1v) is 5.90. The van der Waals surface area contributed by atoms with E-state index in [1.807, 2.05) is 32.0 Å². The van der Waals surface area contributed by atoms with Crippen molar-refractivity contribution in [3.05, 3.63) is 35.9 Å². The first kappa shape index (κ1) is 13.7. The van der Waals surface area contributed by atoms with Gasteiger partial charge in [-0.05, 0) is 26.0 Å². The van der Waals surface area contributed by atoms with Gasteiger partial charge in [0.15, 0.2) is 0 Å². The highest BCUT2D eigenvalue weighted by Gasteiger charge is 2.21. The van der Waals surface area contributed by atoms with Crippen LogP contribution < -0.4 is 5.32 Å². The van der Waals surface area contributed by atoms with Crippen molar-refractivity contribution in [1.82, 2.24) is 5.32 Å². The van der Waals surface area contributed by atoms with Crippen molar-refractivity contribution in [3.8, 4) is 0 Å². The van der Waals surface area contributed by atoms with E-state index in [-0.39, 0.29) is 11.5 Å². The third-order valence-corrected chi connectivity index (χ3v) is 2.25. The Morgan fingerprint density at radius 3 is 2.41 bits per heavy atom. The molecular formula is C14H21NO2. The summed E-state index contributed by atoms with van der Waals surface area (Å²) in [5, 5.41) is 3.35. The zero-order valence-corrected chi connectivity index (χ0v) is 11.0. The van der Waals surface area contributed by atoms with Gasteiger partial charge in [-0.3, -0.25) is 0 Å². The van der Waals surface area contributed by atoms with Crippen LogP contribution in [0.1, 0.15) is 38.1 Å². The first-order valence-electron chi connectivity index (χ1n) is 5.90. The van der Waals surface area contributed by atoms with Gasteiger partial charge in [0.2, 0.25) is 0 Å². The number of hydrogen-bond donors (Lipinski definition) is 1. The third kappa shape index (κ3) is 5.00. The highest BCUT2D eigenvalue weighted by Crippen LogP contribution is 2.07. The fourth-order valence-corrected chi connectivity index (χ4v) is 1.73. The van der Waals surface area contributed by atoms with Crippen molar-refractivity contribution >= 4 is 5.97 Å². The SMILES string of the molecule is CC(C)NC(C)(C)COC(=O)c1ccccc1. The molecule has 0 fully saturated rings. The highest BCUT2D eigenvalue weighted by atomic mass is 16.5. The standard InChI is InChI=1S/C14H21NO2/c1-11(2)15-14(3,4)10-17-13(16)12-8-6-5-7-9-12/h5-9,11,15H,10H2,1-4H3. The molecule has 0 saturated carbocycles. The number of benzene rings is 1. The van der Waals surface area contributed by atoms with Crippen molar-refractivity contribution in [1.29, 1.82) is 0 Å². The molecule has 0 bridgehead atoms. The summed E-state index contributed by atoms with van der Waals surface area (Å²) in [7, 11) is 0. The lowest BCUT2D eigenvalue weighted by Crippen LogP contribution is -2.47. The van der Waals surface area contributed by atoms with Gasteiger partial charge in [-0.15, -0.1) is 0 Å². The Bertz CT molecular complexity index is 358. The quantitative estimate of drug-likeness (QED) is 0.797. The van der Waals surface area contributed by atoms with E-state index in [1.54, 1.807) is 12.1 Å². The minimum atomic E-state index is -0.274. The van der Waals surface area contributed by atoms with Crippen LogP contribution in [0.3, 0.4) is 0 Å². The number of hydrogen-bond acceptors (Lipinski definition) is 3. The highest BCUT2D eigenvalue weighted by molar-refractivity contribution is 5.89. The summed E-state index contributed by atoms with van der Waals surface area (Å²) < 4.78 is 5.29. The van der Waals surface area contributed by atoms with Gasteiger partial charge >= 0.3 is 5.97 Å². The molecule has 1 rings (SSSR count). The van der Waals surface area contributed by atoms with Crippen molar-refractivity contribution < 1.29 is 9.53 Å². The number of carbonyl (C=O) groups excluding carboxylic acids is 1. The lowest BCUT2D eigenvalue weighted by atomic mass is 10.1. The molecule has 0 aliphatic heterocycles. The first-order chi connectivity index (χ1) is 7.91. The largest absolute Gasteiger partial charge is 0.460 e. The van der Waals surface area contributed by atoms with Gasteiger partial charge in [-0.25, -0.2) is 4.79 Å². The van der Waals surface area contributed by atoms with Crippen LogP contribution in [0.25, 0.3) is 0 Å². The van der Waals surface area contributed by atoms with E-state index < -0.39 is 0 Å². The van der Waals surface area contributed by atoms with Gasteiger partial charge in [0.05, 0.1) is 5.56 Å². The molecule has 1 N–H and O–H groups in total. The average molecular weight is 235 g/mol. The molecule has 3 heteroatoms. The van der Waals surface area contributed by atoms with Gasteiger partial charge in [-0.1, -0.05) is 32.0 Å². The Kier molecular flexibility index (Phi) is 4.70. The van der Waals surface area contributed by atoms with Crippen LogP contribution >= 0.6 is 0 Å². The molecule has 1 aromatic rings. The molecule has 3 nitrogen and oxygen atoms in total. The monoisotopic (exact) mass is 235 g/mol. The Hall–Kier alpha value is -1.35. The maximum absolute atomic E-state index is 11.7. The predicted octanol–water partition coefficient (Wildman–Crippen LogP) is 2.62. The van der Waals surface area contributed by atoms with E-state index in [0.717, 1.165) is 0 Å². The maximum atomic E-state index is 11.7. The molecule has 0 atom stereocenters. The lowest BCUT2D eigenvalue weighted by molar-refractivity contribution is 0.0392. The Balaban J connectivity index is 2.48. The van der Waals surface area contributed by atoms with Crippen LogP contribution in [0.4, 0.5) is 0 Å². The molecule has 0 aliphatic carbocycles. The molecule has 0 aliphatic rings. The number of ether oxygens (including phenoxy) is 1. The summed E-state index contributed by atoms with van der Waals surface area (Å²) in [5.74, 6) is -0.274. The van der Waals surface area contributed by atoms with Crippen LogP contribution in [0, 0.1) is 0 Å². The van der Waals surface area contributed by atoms with Crippen LogP contribution in [0.2, 0.25) is 0 Å². The van der Waals surface area contributed by atoms with Crippen LogP contribution in [0.15, 0.2) is 30.3 Å². The van der Waals surface area contributed by atoms with Gasteiger partial charge < -0.3 is 10.1 Å². The smallest absolute Gasteiger partial charge is 0.338 e. The Labute approximate surface area is 103 Å². The van der Waals surface area contributed by atoms with E-state index in [1.165, 1.54) is 0 Å². The molecule has 0 heterocycles. The average Bonchev–Trinajstić information content (AvgIpc) is 2.25. The summed E-state index contributed by atoms with van der Waals surface area (Å²) in [6.07, 6.45) is 0. The van der Waals surface area contributed by atoms with Crippen molar-refractivity contribution in [2.45, 2.75) is 39.3 Å². The maximum Gasteiger partial charge on any atom is 0.338 e.